The maximum Gasteiger partial charge on any atom is 0.338 e. The summed E-state index contributed by atoms with van der Waals surface area (Å²) >= 11 is 1.43. The number of benzene rings is 2. The molecular formula is C24H23N3O5S2. The quantitative estimate of drug-likeness (QED) is 0.427. The number of sulfonamides is 1. The van der Waals surface area contributed by atoms with E-state index in [2.05, 4.69) is 4.72 Å². The molecule has 0 saturated heterocycles. The number of nitrogens with zero attached hydrogens (tertiary/aromatic N) is 2. The van der Waals surface area contributed by atoms with Gasteiger partial charge in [-0.15, -0.1) is 11.3 Å². The van der Waals surface area contributed by atoms with Crippen LogP contribution in [0, 0.1) is 11.3 Å². The molecule has 0 aliphatic carbocycles. The van der Waals surface area contributed by atoms with E-state index in [1.54, 1.807) is 30.3 Å². The molecule has 3 aromatic rings. The summed E-state index contributed by atoms with van der Waals surface area (Å²) in [6, 6.07) is 19.9. The number of hydrogen-bond donors (Lipinski definition) is 1. The van der Waals surface area contributed by atoms with Crippen LogP contribution in [0.1, 0.15) is 28.6 Å². The van der Waals surface area contributed by atoms with Gasteiger partial charge in [-0.3, -0.25) is 4.79 Å². The molecule has 0 spiro atoms. The van der Waals surface area contributed by atoms with Gasteiger partial charge < -0.3 is 9.64 Å². The molecule has 1 amide bonds. The first-order valence-corrected chi connectivity index (χ1v) is 12.7. The molecule has 0 radical (unpaired) electrons. The van der Waals surface area contributed by atoms with Gasteiger partial charge in [0.25, 0.3) is 5.91 Å². The predicted molar refractivity (Wildman–Crippen MR) is 129 cm³/mol. The third-order valence-electron chi connectivity index (χ3n) is 4.81. The van der Waals surface area contributed by atoms with Gasteiger partial charge in [0, 0.05) is 23.7 Å². The number of amides is 1. The smallest absolute Gasteiger partial charge is 0.338 e. The largest absolute Gasteiger partial charge is 0.449 e. The van der Waals surface area contributed by atoms with Gasteiger partial charge in [0.15, 0.2) is 6.10 Å². The van der Waals surface area contributed by atoms with Crippen molar-refractivity contribution in [3.05, 3.63) is 82.6 Å². The zero-order valence-electron chi connectivity index (χ0n) is 18.4. The van der Waals surface area contributed by atoms with Crippen molar-refractivity contribution >= 4 is 38.9 Å². The van der Waals surface area contributed by atoms with E-state index in [0.29, 0.717) is 5.69 Å². The molecule has 0 saturated carbocycles. The highest BCUT2D eigenvalue weighted by Crippen LogP contribution is 2.18. The molecule has 0 aliphatic rings. The van der Waals surface area contributed by atoms with E-state index in [1.165, 1.54) is 47.4 Å². The van der Waals surface area contributed by atoms with Gasteiger partial charge in [0.2, 0.25) is 10.0 Å². The third kappa shape index (κ3) is 6.51. The van der Waals surface area contributed by atoms with Crippen LogP contribution < -0.4 is 9.62 Å². The zero-order chi connectivity index (χ0) is 24.6. The minimum absolute atomic E-state index is 0.00179. The molecule has 1 aromatic heterocycles. The molecule has 1 unspecified atom stereocenters. The van der Waals surface area contributed by atoms with Gasteiger partial charge in [0.1, 0.15) is 0 Å². The number of nitriles is 1. The first kappa shape index (κ1) is 25.1. The molecule has 1 N–H and O–H groups in total. The summed E-state index contributed by atoms with van der Waals surface area (Å²) in [5.41, 5.74) is 0.581. The Balaban J connectivity index is 1.70. The summed E-state index contributed by atoms with van der Waals surface area (Å²) in [5.74, 6) is -1.32. The second-order valence-corrected chi connectivity index (χ2v) is 10.0. The lowest BCUT2D eigenvalue weighted by atomic mass is 10.2. The molecule has 1 atom stereocenters. The Labute approximate surface area is 202 Å². The number of carbonyl (C=O) groups is 2. The van der Waals surface area contributed by atoms with Crippen LogP contribution in [-0.4, -0.2) is 32.9 Å². The minimum Gasteiger partial charge on any atom is -0.449 e. The first-order chi connectivity index (χ1) is 16.3. The van der Waals surface area contributed by atoms with Crippen molar-refractivity contribution in [3.63, 3.8) is 0 Å². The molecular weight excluding hydrogens is 474 g/mol. The molecule has 8 nitrogen and oxygen atoms in total. The van der Waals surface area contributed by atoms with Crippen molar-refractivity contribution in [2.75, 3.05) is 11.4 Å². The van der Waals surface area contributed by atoms with Crippen LogP contribution in [0.5, 0.6) is 0 Å². The Morgan fingerprint density at radius 1 is 1.12 bits per heavy atom. The summed E-state index contributed by atoms with van der Waals surface area (Å²) in [5, 5.41) is 10.8. The van der Waals surface area contributed by atoms with Crippen LogP contribution in [0.2, 0.25) is 0 Å². The van der Waals surface area contributed by atoms with E-state index in [9.17, 15) is 18.0 Å². The summed E-state index contributed by atoms with van der Waals surface area (Å²) in [6.45, 7) is 1.72. The van der Waals surface area contributed by atoms with Crippen molar-refractivity contribution in [2.24, 2.45) is 0 Å². The fourth-order valence-corrected chi connectivity index (χ4v) is 4.88. The van der Waals surface area contributed by atoms with Crippen LogP contribution in [0.4, 0.5) is 5.69 Å². The number of ether oxygens (including phenoxy) is 1. The number of rotatable bonds is 10. The Morgan fingerprint density at radius 2 is 1.88 bits per heavy atom. The average molecular weight is 498 g/mol. The highest BCUT2D eigenvalue weighted by Gasteiger charge is 2.26. The maximum atomic E-state index is 13.0. The molecule has 2 aromatic carbocycles. The van der Waals surface area contributed by atoms with Crippen LogP contribution >= 0.6 is 11.3 Å². The number of para-hydroxylation sites is 1. The summed E-state index contributed by atoms with van der Waals surface area (Å²) in [6.07, 6.45) is -1.04. The highest BCUT2D eigenvalue weighted by molar-refractivity contribution is 7.89. The third-order valence-corrected chi connectivity index (χ3v) is 7.08. The normalized spacial score (nSPS) is 11.9. The van der Waals surface area contributed by atoms with E-state index in [-0.39, 0.29) is 30.0 Å². The average Bonchev–Trinajstić information content (AvgIpc) is 3.37. The second kappa shape index (κ2) is 11.6. The number of thiophene rings is 1. The summed E-state index contributed by atoms with van der Waals surface area (Å²) < 4.78 is 33.1. The lowest BCUT2D eigenvalue weighted by Crippen LogP contribution is -2.40. The molecule has 176 valence electrons. The van der Waals surface area contributed by atoms with E-state index in [1.807, 2.05) is 23.6 Å². The monoisotopic (exact) mass is 497 g/mol. The van der Waals surface area contributed by atoms with Gasteiger partial charge >= 0.3 is 5.97 Å². The Kier molecular flexibility index (Phi) is 8.54. The zero-order valence-corrected chi connectivity index (χ0v) is 20.0. The summed E-state index contributed by atoms with van der Waals surface area (Å²) in [7, 11) is -3.85. The van der Waals surface area contributed by atoms with Crippen LogP contribution in [0.25, 0.3) is 0 Å². The first-order valence-electron chi connectivity index (χ1n) is 10.4. The number of anilines is 1. The molecule has 34 heavy (non-hydrogen) atoms. The number of carbonyl (C=O) groups excluding carboxylic acids is 2. The van der Waals surface area contributed by atoms with Gasteiger partial charge in [-0.05, 0) is 48.7 Å². The molecule has 10 heteroatoms. The van der Waals surface area contributed by atoms with E-state index >= 15 is 0 Å². The van der Waals surface area contributed by atoms with E-state index in [4.69, 9.17) is 10.00 Å². The second-order valence-electron chi connectivity index (χ2n) is 7.21. The number of esters is 1. The lowest BCUT2D eigenvalue weighted by molar-refractivity contribution is -0.126. The predicted octanol–water partition coefficient (Wildman–Crippen LogP) is 3.72. The highest BCUT2D eigenvalue weighted by atomic mass is 32.2. The fraction of sp³-hybridized carbons (Fsp3) is 0.208. The SMILES string of the molecule is CC(OC(=O)c1cccc(S(=O)(=O)NCc2cccs2)c1)C(=O)N(CCC#N)c1ccccc1. The van der Waals surface area contributed by atoms with Crippen LogP contribution in [-0.2, 0) is 26.1 Å². The van der Waals surface area contributed by atoms with Crippen molar-refractivity contribution in [1.29, 1.82) is 5.26 Å². The van der Waals surface area contributed by atoms with Crippen LogP contribution in [0.15, 0.2) is 77.0 Å². The van der Waals surface area contributed by atoms with Crippen molar-refractivity contribution in [3.8, 4) is 6.07 Å². The molecule has 3 rings (SSSR count). The number of hydrogen-bond acceptors (Lipinski definition) is 7. The fourth-order valence-electron chi connectivity index (χ4n) is 3.09. The van der Waals surface area contributed by atoms with Crippen molar-refractivity contribution in [1.82, 2.24) is 4.72 Å². The molecule has 0 fully saturated rings. The van der Waals surface area contributed by atoms with Gasteiger partial charge in [0.05, 0.1) is 22.9 Å². The summed E-state index contributed by atoms with van der Waals surface area (Å²) in [4.78, 5) is 27.8. The molecule has 0 aliphatic heterocycles. The van der Waals surface area contributed by atoms with Crippen molar-refractivity contribution in [2.45, 2.75) is 30.9 Å². The van der Waals surface area contributed by atoms with E-state index in [0.717, 1.165) is 4.88 Å². The van der Waals surface area contributed by atoms with Crippen molar-refractivity contribution < 1.29 is 22.7 Å². The Hall–Kier alpha value is -3.52. The van der Waals surface area contributed by atoms with E-state index < -0.39 is 28.0 Å². The topological polar surface area (TPSA) is 117 Å². The standard InChI is InChI=1S/C24H23N3O5S2/c1-18(23(28)27(14-7-13-25)20-9-3-2-4-10-20)32-24(29)19-8-5-12-22(16-19)34(30,31)26-17-21-11-6-15-33-21/h2-6,8-12,15-16,18,26H,7,14,17H2,1H3. The lowest BCUT2D eigenvalue weighted by Gasteiger charge is -2.25. The number of nitrogens with one attached hydrogen (secondary N) is 1. The Morgan fingerprint density at radius 3 is 2.56 bits per heavy atom. The van der Waals surface area contributed by atoms with Gasteiger partial charge in [-0.2, -0.15) is 5.26 Å². The molecule has 0 bridgehead atoms. The Bertz CT molecular complexity index is 1270. The van der Waals surface area contributed by atoms with Crippen LogP contribution in [0.3, 0.4) is 0 Å². The van der Waals surface area contributed by atoms with Gasteiger partial charge in [-0.25, -0.2) is 17.9 Å². The van der Waals surface area contributed by atoms with Gasteiger partial charge in [-0.1, -0.05) is 30.3 Å². The molecule has 1 heterocycles. The maximum absolute atomic E-state index is 13.0. The minimum atomic E-state index is -3.85.